The van der Waals surface area contributed by atoms with Gasteiger partial charge in [-0.15, -0.1) is 4.48 Å². The fourth-order valence-corrected chi connectivity index (χ4v) is 1.57. The maximum atomic E-state index is 11.9. The molecule has 0 radical (unpaired) electrons. The lowest BCUT2D eigenvalue weighted by molar-refractivity contribution is -0.135. The van der Waals surface area contributed by atoms with E-state index in [-0.39, 0.29) is 5.41 Å². The minimum atomic E-state index is -0.680. The first-order valence-corrected chi connectivity index (χ1v) is 4.90. The average Bonchev–Trinajstić information content (AvgIpc) is 2.01. The Bertz CT molecular complexity index is 192. The van der Waals surface area contributed by atoms with Crippen LogP contribution in [0.25, 0.3) is 0 Å². The lowest BCUT2D eigenvalue weighted by Gasteiger charge is -2.31. The number of carbonyl (C=O) groups excluding carboxylic acids is 1. The highest BCUT2D eigenvalue weighted by atomic mass is 32.1. The Hall–Kier alpha value is -0.250. The zero-order valence-corrected chi connectivity index (χ0v) is 9.54. The standard InChI is InChI=1S/C9H18FNOS/c1-8(2,6-13)5-9(3,4)7(12)11-10/h13H,5-6H2,1-4H3,(H,11,12). The van der Waals surface area contributed by atoms with Crippen molar-refractivity contribution in [1.82, 2.24) is 5.54 Å². The summed E-state index contributed by atoms with van der Waals surface area (Å²) in [6, 6.07) is 0. The molecule has 0 saturated heterocycles. The van der Waals surface area contributed by atoms with E-state index < -0.39 is 11.3 Å². The van der Waals surface area contributed by atoms with Crippen molar-refractivity contribution in [1.29, 1.82) is 0 Å². The first-order chi connectivity index (χ1) is 5.75. The zero-order valence-electron chi connectivity index (χ0n) is 8.65. The molecule has 13 heavy (non-hydrogen) atoms. The van der Waals surface area contributed by atoms with Crippen LogP contribution in [-0.2, 0) is 4.79 Å². The van der Waals surface area contributed by atoms with Gasteiger partial charge in [-0.2, -0.15) is 18.2 Å². The molecule has 0 aliphatic carbocycles. The number of nitrogens with one attached hydrogen (secondary N) is 1. The fraction of sp³-hybridized carbons (Fsp3) is 0.889. The van der Waals surface area contributed by atoms with E-state index in [2.05, 4.69) is 12.6 Å². The van der Waals surface area contributed by atoms with Gasteiger partial charge in [-0.25, -0.2) is 0 Å². The first kappa shape index (κ1) is 12.8. The van der Waals surface area contributed by atoms with Crippen molar-refractivity contribution in [2.24, 2.45) is 10.8 Å². The van der Waals surface area contributed by atoms with Crippen LogP contribution >= 0.6 is 12.6 Å². The van der Waals surface area contributed by atoms with Crippen LogP contribution in [0.2, 0.25) is 0 Å². The summed E-state index contributed by atoms with van der Waals surface area (Å²) in [5.74, 6) is 0.109. The van der Waals surface area contributed by atoms with Crippen LogP contribution in [0.1, 0.15) is 34.1 Å². The Balaban J connectivity index is 4.41. The maximum Gasteiger partial charge on any atom is 0.253 e. The first-order valence-electron chi connectivity index (χ1n) is 4.27. The topological polar surface area (TPSA) is 29.1 Å². The second kappa shape index (κ2) is 4.31. The summed E-state index contributed by atoms with van der Waals surface area (Å²) in [4.78, 5) is 11.1. The van der Waals surface area contributed by atoms with E-state index in [0.717, 1.165) is 0 Å². The van der Waals surface area contributed by atoms with Crippen molar-refractivity contribution < 1.29 is 9.28 Å². The minimum absolute atomic E-state index is 0.0564. The molecule has 0 spiro atoms. The van der Waals surface area contributed by atoms with Crippen LogP contribution in [0.4, 0.5) is 4.48 Å². The predicted octanol–water partition coefficient (Wildman–Crippen LogP) is 2.36. The molecule has 0 fully saturated rings. The van der Waals surface area contributed by atoms with Crippen LogP contribution in [0, 0.1) is 10.8 Å². The van der Waals surface area contributed by atoms with Gasteiger partial charge in [-0.05, 0) is 17.6 Å². The number of rotatable bonds is 4. The van der Waals surface area contributed by atoms with E-state index >= 15 is 0 Å². The van der Waals surface area contributed by atoms with E-state index in [0.29, 0.717) is 12.2 Å². The molecule has 2 nitrogen and oxygen atoms in total. The van der Waals surface area contributed by atoms with Gasteiger partial charge in [0, 0.05) is 5.41 Å². The van der Waals surface area contributed by atoms with Crippen molar-refractivity contribution >= 4 is 18.5 Å². The van der Waals surface area contributed by atoms with E-state index in [1.165, 1.54) is 5.54 Å². The van der Waals surface area contributed by atoms with E-state index in [9.17, 15) is 9.28 Å². The molecule has 0 aromatic carbocycles. The molecule has 1 N–H and O–H groups in total. The van der Waals surface area contributed by atoms with Gasteiger partial charge in [0.05, 0.1) is 0 Å². The second-order valence-corrected chi connectivity index (χ2v) is 5.12. The maximum absolute atomic E-state index is 11.9. The van der Waals surface area contributed by atoms with Gasteiger partial charge in [0.2, 0.25) is 0 Å². The Morgan fingerprint density at radius 1 is 1.38 bits per heavy atom. The molecule has 0 aliphatic heterocycles. The van der Waals surface area contributed by atoms with Gasteiger partial charge in [0.15, 0.2) is 0 Å². The molecule has 0 aromatic heterocycles. The molecule has 0 aromatic rings. The lowest BCUT2D eigenvalue weighted by atomic mass is 9.76. The molecule has 0 bridgehead atoms. The van der Waals surface area contributed by atoms with Gasteiger partial charge in [0.1, 0.15) is 0 Å². The van der Waals surface area contributed by atoms with E-state index in [1.807, 2.05) is 13.8 Å². The number of thiol groups is 1. The van der Waals surface area contributed by atoms with Crippen LogP contribution in [0.15, 0.2) is 0 Å². The van der Waals surface area contributed by atoms with Gasteiger partial charge in [0.25, 0.3) is 5.91 Å². The highest BCUT2D eigenvalue weighted by Crippen LogP contribution is 2.34. The largest absolute Gasteiger partial charge is 0.272 e. The highest BCUT2D eigenvalue weighted by molar-refractivity contribution is 7.80. The Morgan fingerprint density at radius 2 is 1.85 bits per heavy atom. The summed E-state index contributed by atoms with van der Waals surface area (Å²) in [6.45, 7) is 7.47. The third-order valence-corrected chi connectivity index (χ3v) is 2.91. The van der Waals surface area contributed by atoms with Crippen LogP contribution in [0.3, 0.4) is 0 Å². The van der Waals surface area contributed by atoms with Gasteiger partial charge in [-0.1, -0.05) is 27.7 Å². The van der Waals surface area contributed by atoms with E-state index in [1.54, 1.807) is 13.8 Å². The normalized spacial score (nSPS) is 12.8. The summed E-state index contributed by atoms with van der Waals surface area (Å²) in [6.07, 6.45) is 0.610. The summed E-state index contributed by atoms with van der Waals surface area (Å²) in [5, 5.41) is 0. The van der Waals surface area contributed by atoms with Crippen LogP contribution in [0.5, 0.6) is 0 Å². The summed E-state index contributed by atoms with van der Waals surface area (Å²) < 4.78 is 11.9. The van der Waals surface area contributed by atoms with Crippen molar-refractivity contribution in [3.05, 3.63) is 0 Å². The van der Waals surface area contributed by atoms with E-state index in [4.69, 9.17) is 0 Å². The fourth-order valence-electron chi connectivity index (χ4n) is 1.46. The minimum Gasteiger partial charge on any atom is -0.272 e. The number of carbonyl (C=O) groups is 1. The predicted molar refractivity (Wildman–Crippen MR) is 55.3 cm³/mol. The van der Waals surface area contributed by atoms with Crippen molar-refractivity contribution in [3.63, 3.8) is 0 Å². The highest BCUT2D eigenvalue weighted by Gasteiger charge is 2.34. The summed E-state index contributed by atoms with van der Waals surface area (Å²) >= 11 is 4.19. The third kappa shape index (κ3) is 3.98. The Labute approximate surface area is 84.6 Å². The number of hydrogen-bond acceptors (Lipinski definition) is 2. The van der Waals surface area contributed by atoms with Gasteiger partial charge >= 0.3 is 0 Å². The number of amides is 1. The molecular weight excluding hydrogens is 189 g/mol. The zero-order chi connectivity index (χ0) is 10.7. The summed E-state index contributed by atoms with van der Waals surface area (Å²) in [7, 11) is 0. The smallest absolute Gasteiger partial charge is 0.253 e. The molecule has 0 heterocycles. The Morgan fingerprint density at radius 3 is 2.15 bits per heavy atom. The molecule has 0 saturated carbocycles. The van der Waals surface area contributed by atoms with Crippen molar-refractivity contribution in [3.8, 4) is 0 Å². The lowest BCUT2D eigenvalue weighted by Crippen LogP contribution is -2.36. The quantitative estimate of drug-likeness (QED) is 0.538. The SMILES string of the molecule is CC(C)(CS)CC(C)(C)C(=O)NF. The molecule has 0 atom stereocenters. The third-order valence-electron chi connectivity index (χ3n) is 2.05. The molecule has 78 valence electrons. The van der Waals surface area contributed by atoms with Crippen molar-refractivity contribution in [2.75, 3.05) is 5.75 Å². The molecule has 0 rings (SSSR count). The molecule has 0 unspecified atom stereocenters. The second-order valence-electron chi connectivity index (χ2n) is 4.81. The van der Waals surface area contributed by atoms with Crippen LogP contribution in [-0.4, -0.2) is 11.7 Å². The number of hydrogen-bond donors (Lipinski definition) is 2. The summed E-state index contributed by atoms with van der Waals surface area (Å²) in [5.41, 5.74) is 0.452. The average molecular weight is 207 g/mol. The Kier molecular flexibility index (Phi) is 4.23. The molecule has 4 heteroatoms. The molecule has 0 aliphatic rings. The number of halogens is 1. The van der Waals surface area contributed by atoms with Gasteiger partial charge < -0.3 is 0 Å². The monoisotopic (exact) mass is 207 g/mol. The van der Waals surface area contributed by atoms with Crippen molar-refractivity contribution in [2.45, 2.75) is 34.1 Å². The van der Waals surface area contributed by atoms with Crippen LogP contribution < -0.4 is 5.54 Å². The van der Waals surface area contributed by atoms with Gasteiger partial charge in [-0.3, -0.25) is 4.79 Å². The molecular formula is C9H18FNOS. The molecule has 1 amide bonds.